The second kappa shape index (κ2) is 21.1. The summed E-state index contributed by atoms with van der Waals surface area (Å²) < 4.78 is 56.6. The van der Waals surface area contributed by atoms with Crippen LogP contribution in [0.1, 0.15) is 25.0 Å². The van der Waals surface area contributed by atoms with Gasteiger partial charge in [0.15, 0.2) is 54.1 Å². The first kappa shape index (κ1) is 46.9. The lowest BCUT2D eigenvalue weighted by Crippen LogP contribution is -2.66. The summed E-state index contributed by atoms with van der Waals surface area (Å²) in [4.78, 5) is 25.7. The van der Waals surface area contributed by atoms with Crippen molar-refractivity contribution in [3.63, 3.8) is 0 Å². The highest BCUT2D eigenvalue weighted by atomic mass is 16.8. The molecule has 15 unspecified atom stereocenters. The van der Waals surface area contributed by atoms with E-state index in [0.29, 0.717) is 11.1 Å². The fourth-order valence-corrected chi connectivity index (χ4v) is 6.76. The van der Waals surface area contributed by atoms with Gasteiger partial charge in [-0.1, -0.05) is 12.1 Å². The molecule has 21 nitrogen and oxygen atoms in total. The molecule has 0 spiro atoms. The minimum atomic E-state index is -1.86. The van der Waals surface area contributed by atoms with Gasteiger partial charge in [-0.05, 0) is 54.8 Å². The number of rotatable bonds is 16. The van der Waals surface area contributed by atoms with Crippen molar-refractivity contribution in [2.45, 2.75) is 112 Å². The zero-order valence-corrected chi connectivity index (χ0v) is 33.0. The summed E-state index contributed by atoms with van der Waals surface area (Å²) in [6.07, 6.45) is -22.1. The average molecular weight is 857 g/mol. The molecule has 60 heavy (non-hydrogen) atoms. The lowest BCUT2D eigenvalue weighted by Gasteiger charge is -2.47. The molecule has 0 saturated carbocycles. The van der Waals surface area contributed by atoms with E-state index in [2.05, 4.69) is 0 Å². The molecular weight excluding hydrogens is 804 g/mol. The van der Waals surface area contributed by atoms with Crippen LogP contribution in [-0.4, -0.2) is 184 Å². The van der Waals surface area contributed by atoms with E-state index in [-0.39, 0.29) is 36.0 Å². The molecule has 3 saturated heterocycles. The molecule has 5 rings (SSSR count). The van der Waals surface area contributed by atoms with E-state index in [4.69, 9.17) is 47.4 Å². The number of carbonyl (C=O) groups excluding carboxylic acids is 2. The number of methoxy groups -OCH3 is 2. The molecule has 0 aromatic heterocycles. The molecular formula is C39H52O21. The highest BCUT2D eigenvalue weighted by Gasteiger charge is 2.54. The van der Waals surface area contributed by atoms with Crippen molar-refractivity contribution < 1.29 is 103 Å². The van der Waals surface area contributed by atoms with E-state index in [9.17, 15) is 55.5 Å². The number of esters is 2. The molecule has 2 aromatic rings. The SMILES string of the molecule is COc1ccc(CCOC2OC(COC3OC(CO)C(O)C(O)C3O)C(OC(=O)C=Cc3ccc(O)c(OC)c3)C(OC3OC(C)C(O)C(O)C3OC(C)=O)C2O)cc1O. The van der Waals surface area contributed by atoms with Gasteiger partial charge in [0.05, 0.1) is 40.1 Å². The van der Waals surface area contributed by atoms with E-state index in [1.165, 1.54) is 57.6 Å². The number of benzene rings is 2. The molecule has 334 valence electrons. The highest BCUT2D eigenvalue weighted by molar-refractivity contribution is 5.87. The number of ether oxygens (including phenoxy) is 10. The zero-order valence-electron chi connectivity index (χ0n) is 33.0. The number of carbonyl (C=O) groups is 2. The topological polar surface area (TPSA) is 309 Å². The van der Waals surface area contributed by atoms with Gasteiger partial charge in [0.1, 0.15) is 54.9 Å². The van der Waals surface area contributed by atoms with Crippen molar-refractivity contribution in [1.82, 2.24) is 0 Å². The van der Waals surface area contributed by atoms with Gasteiger partial charge in [-0.3, -0.25) is 4.79 Å². The highest BCUT2D eigenvalue weighted by Crippen LogP contribution is 2.34. The third-order valence-corrected chi connectivity index (χ3v) is 10.0. The molecule has 21 heteroatoms. The van der Waals surface area contributed by atoms with Gasteiger partial charge in [-0.15, -0.1) is 0 Å². The summed E-state index contributed by atoms with van der Waals surface area (Å²) in [6.45, 7) is 0.848. The van der Waals surface area contributed by atoms with Crippen LogP contribution >= 0.6 is 0 Å². The van der Waals surface area contributed by atoms with Gasteiger partial charge in [0, 0.05) is 13.0 Å². The van der Waals surface area contributed by atoms with Gasteiger partial charge in [-0.2, -0.15) is 0 Å². The molecule has 3 heterocycles. The maximum Gasteiger partial charge on any atom is 0.331 e. The quantitative estimate of drug-likeness (QED) is 0.0650. The number of aliphatic hydroxyl groups excluding tert-OH is 7. The van der Waals surface area contributed by atoms with Crippen molar-refractivity contribution in [2.75, 3.05) is 34.0 Å². The third-order valence-electron chi connectivity index (χ3n) is 10.0. The Morgan fingerprint density at radius 2 is 1.40 bits per heavy atom. The Morgan fingerprint density at radius 1 is 0.700 bits per heavy atom. The van der Waals surface area contributed by atoms with Crippen LogP contribution in [0.2, 0.25) is 0 Å². The van der Waals surface area contributed by atoms with Crippen LogP contribution in [0.4, 0.5) is 0 Å². The number of hydrogen-bond acceptors (Lipinski definition) is 21. The normalized spacial score (nSPS) is 34.5. The fourth-order valence-electron chi connectivity index (χ4n) is 6.76. The lowest BCUT2D eigenvalue weighted by molar-refractivity contribution is -0.364. The number of aromatic hydroxyl groups is 2. The maximum absolute atomic E-state index is 13.5. The molecule has 0 amide bonds. The fraction of sp³-hybridized carbons (Fsp3) is 0.590. The second-order valence-electron chi connectivity index (χ2n) is 14.2. The van der Waals surface area contributed by atoms with Gasteiger partial charge < -0.3 is 93.3 Å². The van der Waals surface area contributed by atoms with Crippen LogP contribution in [0.15, 0.2) is 42.5 Å². The summed E-state index contributed by atoms with van der Waals surface area (Å²) in [5, 5.41) is 94.6. The lowest BCUT2D eigenvalue weighted by atomic mass is 9.96. The third kappa shape index (κ3) is 11.2. The summed E-state index contributed by atoms with van der Waals surface area (Å²) >= 11 is 0. The molecule has 9 N–H and O–H groups in total. The van der Waals surface area contributed by atoms with Crippen molar-refractivity contribution in [1.29, 1.82) is 0 Å². The summed E-state index contributed by atoms with van der Waals surface area (Å²) in [5.41, 5.74) is 0.997. The molecule has 0 radical (unpaired) electrons. The van der Waals surface area contributed by atoms with Gasteiger partial charge in [0.2, 0.25) is 0 Å². The van der Waals surface area contributed by atoms with E-state index in [1.54, 1.807) is 6.07 Å². The number of phenolic OH excluding ortho intramolecular Hbond substituents is 2. The monoisotopic (exact) mass is 856 g/mol. The first-order valence-corrected chi connectivity index (χ1v) is 18.9. The second-order valence-corrected chi connectivity index (χ2v) is 14.2. The molecule has 15 atom stereocenters. The van der Waals surface area contributed by atoms with Crippen LogP contribution in [0, 0.1) is 0 Å². The van der Waals surface area contributed by atoms with Gasteiger partial charge in [-0.25, -0.2) is 4.79 Å². The molecule has 3 aliphatic rings. The average Bonchev–Trinajstić information content (AvgIpc) is 3.22. The van der Waals surface area contributed by atoms with Crippen molar-refractivity contribution in [3.8, 4) is 23.0 Å². The predicted octanol–water partition coefficient (Wildman–Crippen LogP) is -2.01. The van der Waals surface area contributed by atoms with Crippen LogP contribution in [0.25, 0.3) is 6.08 Å². The van der Waals surface area contributed by atoms with Crippen molar-refractivity contribution in [3.05, 3.63) is 53.6 Å². The largest absolute Gasteiger partial charge is 0.504 e. The molecule has 2 aromatic carbocycles. The zero-order chi connectivity index (χ0) is 43.8. The Hall–Kier alpha value is -4.20. The van der Waals surface area contributed by atoms with E-state index in [0.717, 1.165) is 13.0 Å². The van der Waals surface area contributed by atoms with E-state index in [1.807, 2.05) is 0 Å². The molecule has 0 bridgehead atoms. The Labute approximate surface area is 343 Å². The smallest absolute Gasteiger partial charge is 0.331 e. The number of phenols is 2. The Bertz CT molecular complexity index is 1760. The van der Waals surface area contributed by atoms with Crippen LogP contribution in [0.3, 0.4) is 0 Å². The standard InChI is InChI=1S/C39H52O21/c1-17-28(45)31(48)36(56-18(2)41)39(55-17)60-35-33(50)38(53-12-11-20-6-9-23(51-3)22(43)13-20)58-26(16-54-37-32(49)30(47)29(46)25(15-40)57-37)34(35)59-27(44)10-7-19-5-8-21(42)24(14-19)52-4/h5-10,13-14,17,25-26,28-40,42-43,45-50H,11-12,15-16H2,1-4H3. The van der Waals surface area contributed by atoms with Crippen LogP contribution in [0.5, 0.6) is 23.0 Å². The minimum absolute atomic E-state index is 0.111. The van der Waals surface area contributed by atoms with Crippen LogP contribution < -0.4 is 9.47 Å². The summed E-state index contributed by atoms with van der Waals surface area (Å²) in [5.74, 6) is -1.88. The summed E-state index contributed by atoms with van der Waals surface area (Å²) in [6, 6.07) is 8.88. The van der Waals surface area contributed by atoms with E-state index < -0.39 is 117 Å². The van der Waals surface area contributed by atoms with E-state index >= 15 is 0 Å². The first-order chi connectivity index (χ1) is 28.6. The van der Waals surface area contributed by atoms with Crippen molar-refractivity contribution in [2.24, 2.45) is 0 Å². The van der Waals surface area contributed by atoms with Crippen molar-refractivity contribution >= 4 is 18.0 Å². The van der Waals surface area contributed by atoms with Gasteiger partial charge in [0.25, 0.3) is 0 Å². The molecule has 3 aliphatic heterocycles. The Balaban J connectivity index is 1.48. The number of aliphatic hydroxyl groups is 7. The number of hydrogen-bond donors (Lipinski definition) is 9. The molecule has 0 aliphatic carbocycles. The summed E-state index contributed by atoms with van der Waals surface area (Å²) in [7, 11) is 2.72. The Morgan fingerprint density at radius 3 is 2.07 bits per heavy atom. The van der Waals surface area contributed by atoms with Crippen LogP contribution in [-0.2, 0) is 53.9 Å². The maximum atomic E-state index is 13.5. The first-order valence-electron chi connectivity index (χ1n) is 18.9. The minimum Gasteiger partial charge on any atom is -0.504 e. The Kier molecular flexibility index (Phi) is 16.4. The molecule has 3 fully saturated rings. The van der Waals surface area contributed by atoms with Gasteiger partial charge >= 0.3 is 11.9 Å². The predicted molar refractivity (Wildman–Crippen MR) is 199 cm³/mol.